The summed E-state index contributed by atoms with van der Waals surface area (Å²) >= 11 is 0. The van der Waals surface area contributed by atoms with E-state index in [1.807, 2.05) is 6.07 Å². The molecule has 0 unspecified atom stereocenters. The molecule has 204 valence electrons. The van der Waals surface area contributed by atoms with Gasteiger partial charge in [0, 0.05) is 36.6 Å². The fourth-order valence-corrected chi connectivity index (χ4v) is 4.59. The molecule has 0 saturated carbocycles. The Kier molecular flexibility index (Phi) is 7.05. The van der Waals surface area contributed by atoms with E-state index in [0.717, 1.165) is 30.6 Å². The predicted molar refractivity (Wildman–Crippen MR) is 154 cm³/mol. The van der Waals surface area contributed by atoms with Crippen LogP contribution in [-0.4, -0.2) is 50.5 Å². The van der Waals surface area contributed by atoms with Gasteiger partial charge >= 0.3 is 0 Å². The van der Waals surface area contributed by atoms with Crippen molar-refractivity contribution < 1.29 is 13.9 Å². The third kappa shape index (κ3) is 5.59. The molecule has 1 aliphatic heterocycles. The molecule has 1 amide bonds. The van der Waals surface area contributed by atoms with Crippen LogP contribution in [0.25, 0.3) is 22.2 Å². The van der Waals surface area contributed by atoms with Gasteiger partial charge in [0.15, 0.2) is 0 Å². The van der Waals surface area contributed by atoms with Gasteiger partial charge in [-0.3, -0.25) is 24.1 Å². The second kappa shape index (κ2) is 11.1. The smallest absolute Gasteiger partial charge is 0.267 e. The van der Waals surface area contributed by atoms with Crippen molar-refractivity contribution in [1.82, 2.24) is 24.4 Å². The zero-order valence-corrected chi connectivity index (χ0v) is 22.1. The first-order chi connectivity index (χ1) is 19.9. The maximum Gasteiger partial charge on any atom is 0.267 e. The maximum absolute atomic E-state index is 13.3. The molecule has 1 N–H and O–H groups in total. The number of hydrogen-bond acceptors (Lipinski definition) is 7. The van der Waals surface area contributed by atoms with E-state index >= 15 is 0 Å². The number of aromatic nitrogens is 4. The quantitative estimate of drug-likeness (QED) is 0.316. The highest BCUT2D eigenvalue weighted by Gasteiger charge is 2.16. The van der Waals surface area contributed by atoms with Crippen molar-refractivity contribution in [3.63, 3.8) is 0 Å². The van der Waals surface area contributed by atoms with E-state index in [-0.39, 0.29) is 11.4 Å². The summed E-state index contributed by atoms with van der Waals surface area (Å²) in [6, 6.07) is 15.5. The summed E-state index contributed by atoms with van der Waals surface area (Å²) in [6.07, 6.45) is 9.54. The Morgan fingerprint density at radius 1 is 1.02 bits per heavy atom. The highest BCUT2D eigenvalue weighted by Crippen LogP contribution is 2.31. The first-order valence-corrected chi connectivity index (χ1v) is 13.0. The van der Waals surface area contributed by atoms with E-state index in [2.05, 4.69) is 38.3 Å². The van der Waals surface area contributed by atoms with Crippen molar-refractivity contribution in [2.45, 2.75) is 6.42 Å². The summed E-state index contributed by atoms with van der Waals surface area (Å²) in [5.41, 5.74) is 2.65. The molecule has 6 rings (SSSR count). The molecule has 0 saturated heterocycles. The zero-order chi connectivity index (χ0) is 28.3. The molecule has 1 aromatic carbocycles. The van der Waals surface area contributed by atoms with Crippen molar-refractivity contribution in [3.8, 4) is 17.2 Å². The number of benzene rings is 1. The SMILES string of the molecule is CN1CC=C(c2cc3c(Oc4ccc(NC(=O)c5cccn(-c6ccc(F)cc6)c5=O)nc4)ccnc3cn2)CC1. The lowest BCUT2D eigenvalue weighted by Crippen LogP contribution is -2.28. The molecule has 5 heterocycles. The molecular formula is C31H25FN6O3. The number of pyridine rings is 4. The molecule has 5 aromatic rings. The van der Waals surface area contributed by atoms with Crippen LogP contribution in [0.2, 0.25) is 0 Å². The zero-order valence-electron chi connectivity index (χ0n) is 22.1. The van der Waals surface area contributed by atoms with Gasteiger partial charge in [0.25, 0.3) is 11.5 Å². The average molecular weight is 549 g/mol. The minimum absolute atomic E-state index is 0.0775. The summed E-state index contributed by atoms with van der Waals surface area (Å²) in [5, 5.41) is 3.48. The van der Waals surface area contributed by atoms with Gasteiger partial charge in [-0.25, -0.2) is 9.37 Å². The number of ether oxygens (including phenoxy) is 1. The fourth-order valence-electron chi connectivity index (χ4n) is 4.59. The molecule has 0 atom stereocenters. The van der Waals surface area contributed by atoms with Crippen LogP contribution in [0.1, 0.15) is 22.5 Å². The molecule has 10 heteroatoms. The number of nitrogens with one attached hydrogen (secondary N) is 1. The summed E-state index contributed by atoms with van der Waals surface area (Å²) < 4.78 is 20.7. The van der Waals surface area contributed by atoms with E-state index in [1.54, 1.807) is 36.7 Å². The van der Waals surface area contributed by atoms with Gasteiger partial charge in [-0.1, -0.05) is 6.08 Å². The molecule has 0 spiro atoms. The normalized spacial score (nSPS) is 13.6. The Bertz CT molecular complexity index is 1830. The highest BCUT2D eigenvalue weighted by molar-refractivity contribution is 6.03. The highest BCUT2D eigenvalue weighted by atomic mass is 19.1. The molecule has 0 radical (unpaired) electrons. The molecule has 1 aliphatic rings. The Labute approximate surface area is 234 Å². The van der Waals surface area contributed by atoms with E-state index in [1.165, 1.54) is 52.9 Å². The number of halogens is 1. The molecule has 0 fully saturated rings. The van der Waals surface area contributed by atoms with Crippen LogP contribution in [0, 0.1) is 5.82 Å². The number of amides is 1. The van der Waals surface area contributed by atoms with Gasteiger partial charge in [0.2, 0.25) is 0 Å². The summed E-state index contributed by atoms with van der Waals surface area (Å²) in [6.45, 7) is 1.86. The number of carbonyl (C=O) groups excluding carboxylic acids is 1. The average Bonchev–Trinajstić information content (AvgIpc) is 2.99. The lowest BCUT2D eigenvalue weighted by Gasteiger charge is -2.21. The minimum Gasteiger partial charge on any atom is -0.455 e. The van der Waals surface area contributed by atoms with Gasteiger partial charge in [-0.15, -0.1) is 0 Å². The number of carbonyl (C=O) groups is 1. The van der Waals surface area contributed by atoms with Crippen molar-refractivity contribution in [1.29, 1.82) is 0 Å². The molecule has 9 nitrogen and oxygen atoms in total. The Balaban J connectivity index is 1.19. The van der Waals surface area contributed by atoms with E-state index < -0.39 is 17.3 Å². The van der Waals surface area contributed by atoms with Crippen molar-refractivity contribution in [3.05, 3.63) is 119 Å². The third-order valence-corrected chi connectivity index (χ3v) is 6.83. The van der Waals surface area contributed by atoms with Crippen LogP contribution in [0.4, 0.5) is 10.2 Å². The van der Waals surface area contributed by atoms with Crippen molar-refractivity contribution >= 4 is 28.2 Å². The first-order valence-electron chi connectivity index (χ1n) is 13.0. The van der Waals surface area contributed by atoms with Crippen LogP contribution in [-0.2, 0) is 0 Å². The summed E-state index contributed by atoms with van der Waals surface area (Å²) in [5.74, 6) is 0.288. The number of nitrogens with zero attached hydrogens (tertiary/aromatic N) is 5. The van der Waals surface area contributed by atoms with Crippen molar-refractivity contribution in [2.75, 3.05) is 25.5 Å². The number of anilines is 1. The van der Waals surface area contributed by atoms with E-state index in [4.69, 9.17) is 4.74 Å². The van der Waals surface area contributed by atoms with Crippen LogP contribution in [0.15, 0.2) is 96.3 Å². The Hall–Kier alpha value is -5.22. The van der Waals surface area contributed by atoms with Crippen molar-refractivity contribution in [2.24, 2.45) is 0 Å². The summed E-state index contributed by atoms with van der Waals surface area (Å²) in [7, 11) is 2.09. The molecule has 0 bridgehead atoms. The Morgan fingerprint density at radius 2 is 1.88 bits per heavy atom. The number of fused-ring (bicyclic) bond motifs is 1. The molecule has 41 heavy (non-hydrogen) atoms. The van der Waals surface area contributed by atoms with Gasteiger partial charge in [0.05, 0.1) is 23.6 Å². The second-order valence-corrected chi connectivity index (χ2v) is 9.65. The fraction of sp³-hybridized carbons (Fsp3) is 0.129. The van der Waals surface area contributed by atoms with Crippen LogP contribution in [0.5, 0.6) is 11.5 Å². The van der Waals surface area contributed by atoms with Crippen LogP contribution >= 0.6 is 0 Å². The lowest BCUT2D eigenvalue weighted by atomic mass is 10.0. The summed E-state index contributed by atoms with van der Waals surface area (Å²) in [4.78, 5) is 41.4. The van der Waals surface area contributed by atoms with E-state index in [9.17, 15) is 14.0 Å². The topological polar surface area (TPSA) is 102 Å². The van der Waals surface area contributed by atoms with Gasteiger partial charge in [-0.05, 0) is 79.7 Å². The van der Waals surface area contributed by atoms with Gasteiger partial charge in [-0.2, -0.15) is 0 Å². The first kappa shape index (κ1) is 26.0. The van der Waals surface area contributed by atoms with Gasteiger partial charge in [0.1, 0.15) is 28.7 Å². The molecule has 0 aliphatic carbocycles. The van der Waals surface area contributed by atoms with Crippen LogP contribution < -0.4 is 15.6 Å². The minimum atomic E-state index is -0.615. The second-order valence-electron chi connectivity index (χ2n) is 9.65. The number of likely N-dealkylation sites (N-methyl/N-ethyl adjacent to an activating group) is 1. The lowest BCUT2D eigenvalue weighted by molar-refractivity contribution is 0.102. The van der Waals surface area contributed by atoms with Gasteiger partial charge < -0.3 is 15.0 Å². The number of hydrogen-bond donors (Lipinski definition) is 1. The van der Waals surface area contributed by atoms with Crippen LogP contribution in [0.3, 0.4) is 0 Å². The molecular weight excluding hydrogens is 523 g/mol. The Morgan fingerprint density at radius 3 is 2.63 bits per heavy atom. The molecule has 4 aromatic heterocycles. The predicted octanol–water partition coefficient (Wildman–Crippen LogP) is 5.08. The maximum atomic E-state index is 13.3. The standard InChI is InChI=1S/C31H25FN6O3/c1-37-15-11-20(12-16-37)26-17-25-27(19-34-26)33-13-10-28(25)41-23-8-9-29(35-18-23)36-30(39)24-3-2-14-38(31(24)40)22-6-4-21(32)5-7-22/h2-11,13-14,17-19H,12,15-16H2,1H3,(H,35,36,39). The third-order valence-electron chi connectivity index (χ3n) is 6.83. The number of rotatable bonds is 6. The van der Waals surface area contributed by atoms with E-state index in [0.29, 0.717) is 22.7 Å². The largest absolute Gasteiger partial charge is 0.455 e. The monoisotopic (exact) mass is 548 g/mol.